The molecule has 0 spiro atoms. The van der Waals surface area contributed by atoms with E-state index in [1.807, 2.05) is 25.1 Å². The second-order valence-electron chi connectivity index (χ2n) is 6.35. The van der Waals surface area contributed by atoms with Gasteiger partial charge in [-0.15, -0.1) is 0 Å². The number of anilines is 1. The fourth-order valence-electron chi connectivity index (χ4n) is 3.05. The van der Waals surface area contributed by atoms with Gasteiger partial charge in [-0.05, 0) is 49.8 Å². The fraction of sp³-hybridized carbons (Fsp3) is 0.412. The summed E-state index contributed by atoms with van der Waals surface area (Å²) < 4.78 is 5.36. The molecule has 4 rings (SSSR count). The summed E-state index contributed by atoms with van der Waals surface area (Å²) in [5.41, 5.74) is 2.35. The first-order valence-corrected chi connectivity index (χ1v) is 8.52. The maximum atomic E-state index is 12.6. The Labute approximate surface area is 144 Å². The van der Waals surface area contributed by atoms with Crippen molar-refractivity contribution in [3.8, 4) is 0 Å². The molecule has 2 saturated carbocycles. The van der Waals surface area contributed by atoms with Gasteiger partial charge < -0.3 is 9.84 Å². The minimum Gasteiger partial charge on any atom is -0.359 e. The van der Waals surface area contributed by atoms with Crippen LogP contribution in [0.2, 0.25) is 10.0 Å². The highest BCUT2D eigenvalue weighted by Gasteiger charge is 2.46. The van der Waals surface area contributed by atoms with Crippen LogP contribution in [-0.4, -0.2) is 11.1 Å². The van der Waals surface area contributed by atoms with Crippen LogP contribution in [0.1, 0.15) is 48.1 Å². The van der Waals surface area contributed by atoms with E-state index in [-0.39, 0.29) is 17.7 Å². The minimum absolute atomic E-state index is 0.0146. The molecular weight excluding hydrogens is 335 g/mol. The predicted molar refractivity (Wildman–Crippen MR) is 89.2 cm³/mol. The Morgan fingerprint density at radius 1 is 1.30 bits per heavy atom. The Balaban J connectivity index is 1.51. The van der Waals surface area contributed by atoms with Gasteiger partial charge in [0.1, 0.15) is 11.4 Å². The van der Waals surface area contributed by atoms with Crippen LogP contribution in [0.5, 0.6) is 0 Å². The van der Waals surface area contributed by atoms with E-state index in [9.17, 15) is 4.79 Å². The lowest BCUT2D eigenvalue weighted by Gasteiger charge is -2.07. The largest absolute Gasteiger partial charge is 0.359 e. The third-order valence-electron chi connectivity index (χ3n) is 4.58. The molecule has 2 aliphatic carbocycles. The van der Waals surface area contributed by atoms with Crippen molar-refractivity contribution in [3.05, 3.63) is 45.3 Å². The van der Waals surface area contributed by atoms with E-state index in [1.54, 1.807) is 0 Å². The molecule has 1 aromatic carbocycles. The number of halogens is 2. The van der Waals surface area contributed by atoms with Gasteiger partial charge in [-0.25, -0.2) is 0 Å². The van der Waals surface area contributed by atoms with Crippen LogP contribution in [0, 0.1) is 12.8 Å². The second-order valence-corrected chi connectivity index (χ2v) is 7.17. The molecule has 2 fully saturated rings. The van der Waals surface area contributed by atoms with Crippen molar-refractivity contribution < 1.29 is 9.32 Å². The molecule has 0 radical (unpaired) electrons. The number of aryl methyl sites for hydroxylation is 1. The number of hydrogen-bond donors (Lipinski definition) is 1. The second kappa shape index (κ2) is 5.53. The average molecular weight is 351 g/mol. The van der Waals surface area contributed by atoms with Gasteiger partial charge in [0, 0.05) is 21.9 Å². The van der Waals surface area contributed by atoms with Gasteiger partial charge in [-0.3, -0.25) is 4.79 Å². The SMILES string of the molecule is Cc1noc(C2CC2)c1NC(=O)[C@@H]1C[C@H]1c1c(Cl)cccc1Cl. The Morgan fingerprint density at radius 2 is 2.00 bits per heavy atom. The summed E-state index contributed by atoms with van der Waals surface area (Å²) in [6, 6.07) is 5.44. The van der Waals surface area contributed by atoms with E-state index in [1.165, 1.54) is 0 Å². The van der Waals surface area contributed by atoms with Crippen LogP contribution in [0.3, 0.4) is 0 Å². The molecule has 120 valence electrons. The average Bonchev–Trinajstić information content (AvgIpc) is 3.41. The van der Waals surface area contributed by atoms with E-state index in [2.05, 4.69) is 10.5 Å². The van der Waals surface area contributed by atoms with Crippen molar-refractivity contribution in [3.63, 3.8) is 0 Å². The van der Waals surface area contributed by atoms with Gasteiger partial charge in [0.2, 0.25) is 5.91 Å². The molecule has 2 aromatic rings. The molecule has 0 bridgehead atoms. The first kappa shape index (κ1) is 15.0. The third-order valence-corrected chi connectivity index (χ3v) is 5.24. The highest BCUT2D eigenvalue weighted by Crippen LogP contribution is 2.52. The quantitative estimate of drug-likeness (QED) is 0.852. The van der Waals surface area contributed by atoms with Crippen molar-refractivity contribution in [2.45, 2.75) is 38.0 Å². The van der Waals surface area contributed by atoms with Crippen LogP contribution in [-0.2, 0) is 4.79 Å². The smallest absolute Gasteiger partial charge is 0.228 e. The van der Waals surface area contributed by atoms with E-state index in [0.717, 1.165) is 42.0 Å². The summed E-state index contributed by atoms with van der Waals surface area (Å²) in [6.45, 7) is 1.85. The van der Waals surface area contributed by atoms with Crippen LogP contribution in [0.25, 0.3) is 0 Å². The summed E-state index contributed by atoms with van der Waals surface area (Å²) in [7, 11) is 0. The first-order valence-electron chi connectivity index (χ1n) is 7.77. The molecular formula is C17H16Cl2N2O2. The molecule has 6 heteroatoms. The molecule has 23 heavy (non-hydrogen) atoms. The van der Waals surface area contributed by atoms with Gasteiger partial charge >= 0.3 is 0 Å². The first-order chi connectivity index (χ1) is 11.1. The number of benzene rings is 1. The van der Waals surface area contributed by atoms with Crippen molar-refractivity contribution in [1.82, 2.24) is 5.16 Å². The zero-order valence-corrected chi connectivity index (χ0v) is 14.1. The van der Waals surface area contributed by atoms with Crippen molar-refractivity contribution >= 4 is 34.8 Å². The zero-order valence-electron chi connectivity index (χ0n) is 12.6. The predicted octanol–water partition coefficient (Wildman–Crippen LogP) is 4.91. The topological polar surface area (TPSA) is 55.1 Å². The lowest BCUT2D eigenvalue weighted by atomic mass is 10.1. The van der Waals surface area contributed by atoms with Gasteiger partial charge in [0.25, 0.3) is 0 Å². The maximum absolute atomic E-state index is 12.6. The van der Waals surface area contributed by atoms with Crippen LogP contribution in [0.15, 0.2) is 22.7 Å². The normalized spacial score (nSPS) is 22.9. The highest BCUT2D eigenvalue weighted by atomic mass is 35.5. The molecule has 0 unspecified atom stereocenters. The summed E-state index contributed by atoms with van der Waals surface area (Å²) in [5, 5.41) is 8.23. The molecule has 4 nitrogen and oxygen atoms in total. The molecule has 1 amide bonds. The molecule has 0 saturated heterocycles. The highest BCUT2D eigenvalue weighted by molar-refractivity contribution is 6.36. The lowest BCUT2D eigenvalue weighted by Crippen LogP contribution is -2.16. The standard InChI is InChI=1S/C17H16Cl2N2O2/c1-8-15(16(23-21-8)9-5-6-9)20-17(22)11-7-10(11)14-12(18)3-2-4-13(14)19/h2-4,9-11H,5-7H2,1H3,(H,20,22)/t10-,11-/m1/s1. The third kappa shape index (κ3) is 2.74. The number of carbonyl (C=O) groups excluding carboxylic acids is 1. The maximum Gasteiger partial charge on any atom is 0.228 e. The zero-order chi connectivity index (χ0) is 16.1. The van der Waals surface area contributed by atoms with Crippen molar-refractivity contribution in [2.75, 3.05) is 5.32 Å². The molecule has 1 aromatic heterocycles. The molecule has 2 aliphatic rings. The number of hydrogen-bond acceptors (Lipinski definition) is 3. The molecule has 0 aliphatic heterocycles. The number of nitrogens with one attached hydrogen (secondary N) is 1. The number of nitrogens with zero attached hydrogens (tertiary/aromatic N) is 1. The van der Waals surface area contributed by atoms with Crippen LogP contribution in [0.4, 0.5) is 5.69 Å². The summed E-state index contributed by atoms with van der Waals surface area (Å²) in [6.07, 6.45) is 2.95. The van der Waals surface area contributed by atoms with Crippen LogP contribution < -0.4 is 5.32 Å². The van der Waals surface area contributed by atoms with E-state index < -0.39 is 0 Å². The monoisotopic (exact) mass is 350 g/mol. The van der Waals surface area contributed by atoms with E-state index >= 15 is 0 Å². The number of rotatable bonds is 4. The molecule has 1 N–H and O–H groups in total. The molecule has 2 atom stereocenters. The van der Waals surface area contributed by atoms with E-state index in [0.29, 0.717) is 16.0 Å². The summed E-state index contributed by atoms with van der Waals surface area (Å²) >= 11 is 12.5. The Kier molecular flexibility index (Phi) is 3.62. The minimum atomic E-state index is -0.103. The number of aromatic nitrogens is 1. The Morgan fingerprint density at radius 3 is 2.65 bits per heavy atom. The van der Waals surface area contributed by atoms with Gasteiger partial charge in [-0.1, -0.05) is 34.4 Å². The summed E-state index contributed by atoms with van der Waals surface area (Å²) in [5.74, 6) is 1.18. The lowest BCUT2D eigenvalue weighted by molar-refractivity contribution is -0.117. The number of amides is 1. The van der Waals surface area contributed by atoms with Crippen molar-refractivity contribution in [1.29, 1.82) is 0 Å². The Bertz CT molecular complexity index is 763. The Hall–Kier alpha value is -1.52. The van der Waals surface area contributed by atoms with Crippen molar-refractivity contribution in [2.24, 2.45) is 5.92 Å². The van der Waals surface area contributed by atoms with Gasteiger partial charge in [0.15, 0.2) is 5.76 Å². The van der Waals surface area contributed by atoms with Gasteiger partial charge in [-0.2, -0.15) is 0 Å². The van der Waals surface area contributed by atoms with Crippen LogP contribution >= 0.6 is 23.2 Å². The molecule has 1 heterocycles. The summed E-state index contributed by atoms with van der Waals surface area (Å²) in [4.78, 5) is 12.6. The van der Waals surface area contributed by atoms with Gasteiger partial charge in [0.05, 0.1) is 0 Å². The number of carbonyl (C=O) groups is 1. The van der Waals surface area contributed by atoms with E-state index in [4.69, 9.17) is 27.7 Å². The fourth-order valence-corrected chi connectivity index (χ4v) is 3.73.